The lowest BCUT2D eigenvalue weighted by atomic mass is 10.1. The fourth-order valence-electron chi connectivity index (χ4n) is 3.10. The third kappa shape index (κ3) is 3.87. The molecule has 0 aliphatic carbocycles. The molecule has 2 amide bonds. The van der Waals surface area contributed by atoms with Gasteiger partial charge in [-0.15, -0.1) is 0 Å². The van der Waals surface area contributed by atoms with Crippen LogP contribution >= 0.6 is 0 Å². The number of nitrogens with zero attached hydrogens (tertiary/aromatic N) is 3. The standard InChI is InChI=1S/C18H28N4O2/c1-13(2)22-10-9-21(12-16(22)17(23)19-3)18(24)14-7-6-8-15(11-14)20(4)5/h6-8,11,13,16H,9-10,12H2,1-5H3,(H,19,23). The third-order valence-electron chi connectivity index (χ3n) is 4.53. The number of rotatable bonds is 4. The Balaban J connectivity index is 2.19. The highest BCUT2D eigenvalue weighted by molar-refractivity contribution is 5.96. The second-order valence-electron chi connectivity index (χ2n) is 6.66. The van der Waals surface area contributed by atoms with E-state index in [0.29, 0.717) is 25.2 Å². The Morgan fingerprint density at radius 2 is 1.96 bits per heavy atom. The molecule has 1 atom stereocenters. The molecule has 0 spiro atoms. The second kappa shape index (κ2) is 7.66. The van der Waals surface area contributed by atoms with Crippen LogP contribution in [0.1, 0.15) is 24.2 Å². The normalized spacial score (nSPS) is 18.6. The van der Waals surface area contributed by atoms with Gasteiger partial charge in [-0.3, -0.25) is 14.5 Å². The first-order valence-corrected chi connectivity index (χ1v) is 8.39. The van der Waals surface area contributed by atoms with Crippen LogP contribution in [0.3, 0.4) is 0 Å². The smallest absolute Gasteiger partial charge is 0.254 e. The minimum atomic E-state index is -0.301. The largest absolute Gasteiger partial charge is 0.378 e. The fraction of sp³-hybridized carbons (Fsp3) is 0.556. The minimum Gasteiger partial charge on any atom is -0.378 e. The summed E-state index contributed by atoms with van der Waals surface area (Å²) in [6.45, 7) is 5.91. The first-order valence-electron chi connectivity index (χ1n) is 8.39. The maximum atomic E-state index is 12.9. The number of benzene rings is 1. The van der Waals surface area contributed by atoms with Crippen LogP contribution in [0.15, 0.2) is 24.3 Å². The summed E-state index contributed by atoms with van der Waals surface area (Å²) in [5.74, 6) is -0.0562. The zero-order chi connectivity index (χ0) is 17.9. The average Bonchev–Trinajstić information content (AvgIpc) is 2.59. The lowest BCUT2D eigenvalue weighted by Crippen LogP contribution is -2.61. The Morgan fingerprint density at radius 3 is 2.54 bits per heavy atom. The van der Waals surface area contributed by atoms with Gasteiger partial charge in [-0.05, 0) is 32.0 Å². The molecule has 1 aliphatic heterocycles. The van der Waals surface area contributed by atoms with Gasteiger partial charge in [0.2, 0.25) is 5.91 Å². The van der Waals surface area contributed by atoms with E-state index in [4.69, 9.17) is 0 Å². The van der Waals surface area contributed by atoms with Gasteiger partial charge in [0, 0.05) is 58.1 Å². The second-order valence-corrected chi connectivity index (χ2v) is 6.66. The van der Waals surface area contributed by atoms with Crippen molar-refractivity contribution in [3.63, 3.8) is 0 Å². The van der Waals surface area contributed by atoms with Crippen molar-refractivity contribution in [3.8, 4) is 0 Å². The summed E-state index contributed by atoms with van der Waals surface area (Å²) in [4.78, 5) is 31.0. The molecule has 6 nitrogen and oxygen atoms in total. The van der Waals surface area contributed by atoms with Crippen LogP contribution < -0.4 is 10.2 Å². The van der Waals surface area contributed by atoms with Crippen molar-refractivity contribution in [2.45, 2.75) is 25.9 Å². The molecule has 1 aliphatic rings. The molecule has 0 radical (unpaired) electrons. The van der Waals surface area contributed by atoms with Gasteiger partial charge in [-0.2, -0.15) is 0 Å². The molecule has 132 valence electrons. The molecule has 0 saturated carbocycles. The van der Waals surface area contributed by atoms with Crippen molar-refractivity contribution in [2.75, 3.05) is 45.7 Å². The fourth-order valence-corrected chi connectivity index (χ4v) is 3.10. The highest BCUT2D eigenvalue weighted by Gasteiger charge is 2.35. The van der Waals surface area contributed by atoms with Crippen LogP contribution in [0.25, 0.3) is 0 Å². The average molecular weight is 332 g/mol. The van der Waals surface area contributed by atoms with Crippen LogP contribution in [0.4, 0.5) is 5.69 Å². The van der Waals surface area contributed by atoms with Crippen LogP contribution in [0, 0.1) is 0 Å². The molecule has 1 fully saturated rings. The Morgan fingerprint density at radius 1 is 1.25 bits per heavy atom. The zero-order valence-electron chi connectivity index (χ0n) is 15.2. The lowest BCUT2D eigenvalue weighted by molar-refractivity contribution is -0.128. The molecule has 24 heavy (non-hydrogen) atoms. The molecule has 1 unspecified atom stereocenters. The van der Waals surface area contributed by atoms with Gasteiger partial charge >= 0.3 is 0 Å². The van der Waals surface area contributed by atoms with E-state index in [1.54, 1.807) is 11.9 Å². The SMILES string of the molecule is CNC(=O)C1CN(C(=O)c2cccc(N(C)C)c2)CCN1C(C)C. The van der Waals surface area contributed by atoms with Gasteiger partial charge in [0.25, 0.3) is 5.91 Å². The van der Waals surface area contributed by atoms with Gasteiger partial charge in [-0.25, -0.2) is 0 Å². The molecule has 1 saturated heterocycles. The predicted molar refractivity (Wildman–Crippen MR) is 96.4 cm³/mol. The first-order chi connectivity index (χ1) is 11.3. The maximum Gasteiger partial charge on any atom is 0.254 e. The number of carbonyl (C=O) groups excluding carboxylic acids is 2. The molecule has 0 bridgehead atoms. The number of likely N-dealkylation sites (N-methyl/N-ethyl adjacent to an activating group) is 1. The van der Waals surface area contributed by atoms with Gasteiger partial charge in [0.05, 0.1) is 0 Å². The summed E-state index contributed by atoms with van der Waals surface area (Å²) in [5, 5.41) is 2.72. The monoisotopic (exact) mass is 332 g/mol. The Bertz CT molecular complexity index is 600. The molecule has 1 aromatic carbocycles. The van der Waals surface area contributed by atoms with Gasteiger partial charge in [-0.1, -0.05) is 6.07 Å². The maximum absolute atomic E-state index is 12.9. The Labute approximate surface area is 144 Å². The number of carbonyl (C=O) groups is 2. The molecule has 1 N–H and O–H groups in total. The van der Waals surface area contributed by atoms with Crippen LogP contribution in [-0.2, 0) is 4.79 Å². The Kier molecular flexibility index (Phi) is 5.83. The van der Waals surface area contributed by atoms with E-state index in [9.17, 15) is 9.59 Å². The van der Waals surface area contributed by atoms with E-state index in [0.717, 1.165) is 5.69 Å². The zero-order valence-corrected chi connectivity index (χ0v) is 15.2. The van der Waals surface area contributed by atoms with Crippen molar-refractivity contribution in [2.24, 2.45) is 0 Å². The highest BCUT2D eigenvalue weighted by Crippen LogP contribution is 2.19. The van der Waals surface area contributed by atoms with Gasteiger partial charge in [0.1, 0.15) is 6.04 Å². The van der Waals surface area contributed by atoms with Crippen molar-refractivity contribution in [1.29, 1.82) is 0 Å². The summed E-state index contributed by atoms with van der Waals surface area (Å²) < 4.78 is 0. The van der Waals surface area contributed by atoms with E-state index in [-0.39, 0.29) is 23.9 Å². The Hall–Kier alpha value is -2.08. The summed E-state index contributed by atoms with van der Waals surface area (Å²) in [6, 6.07) is 7.56. The van der Waals surface area contributed by atoms with Crippen LogP contribution in [0.5, 0.6) is 0 Å². The third-order valence-corrected chi connectivity index (χ3v) is 4.53. The number of anilines is 1. The van der Waals surface area contributed by atoms with Gasteiger partial charge < -0.3 is 15.1 Å². The summed E-state index contributed by atoms with van der Waals surface area (Å²) in [6.07, 6.45) is 0. The van der Waals surface area contributed by atoms with E-state index in [2.05, 4.69) is 24.1 Å². The number of hydrogen-bond donors (Lipinski definition) is 1. The number of hydrogen-bond acceptors (Lipinski definition) is 4. The van der Waals surface area contributed by atoms with E-state index in [1.807, 2.05) is 43.3 Å². The number of piperazine rings is 1. The van der Waals surface area contributed by atoms with Crippen LogP contribution in [-0.4, -0.2) is 74.5 Å². The first kappa shape index (κ1) is 18.3. The molecule has 2 rings (SSSR count). The number of nitrogens with one attached hydrogen (secondary N) is 1. The van der Waals surface area contributed by atoms with Gasteiger partial charge in [0.15, 0.2) is 0 Å². The van der Waals surface area contributed by atoms with E-state index < -0.39 is 0 Å². The molecular weight excluding hydrogens is 304 g/mol. The number of amides is 2. The van der Waals surface area contributed by atoms with Crippen molar-refractivity contribution < 1.29 is 9.59 Å². The molecule has 1 heterocycles. The quantitative estimate of drug-likeness (QED) is 0.895. The lowest BCUT2D eigenvalue weighted by Gasteiger charge is -2.42. The van der Waals surface area contributed by atoms with E-state index in [1.165, 1.54) is 0 Å². The van der Waals surface area contributed by atoms with E-state index >= 15 is 0 Å². The highest BCUT2D eigenvalue weighted by atomic mass is 16.2. The molecular formula is C18H28N4O2. The van der Waals surface area contributed by atoms with Crippen molar-refractivity contribution in [1.82, 2.24) is 15.1 Å². The molecule has 1 aromatic rings. The van der Waals surface area contributed by atoms with Crippen LogP contribution in [0.2, 0.25) is 0 Å². The summed E-state index contributed by atoms with van der Waals surface area (Å²) in [5.41, 5.74) is 1.65. The molecule has 6 heteroatoms. The summed E-state index contributed by atoms with van der Waals surface area (Å²) >= 11 is 0. The van der Waals surface area contributed by atoms with Crippen molar-refractivity contribution >= 4 is 17.5 Å². The summed E-state index contributed by atoms with van der Waals surface area (Å²) in [7, 11) is 5.54. The predicted octanol–water partition coefficient (Wildman–Crippen LogP) is 1.03. The molecule has 0 aromatic heterocycles. The topological polar surface area (TPSA) is 55.9 Å². The minimum absolute atomic E-state index is 0.0176. The van der Waals surface area contributed by atoms with Crippen molar-refractivity contribution in [3.05, 3.63) is 29.8 Å².